The fraction of sp³-hybridized carbons (Fsp3) is 0.474. The van der Waals surface area contributed by atoms with Gasteiger partial charge in [0.05, 0.1) is 5.54 Å². The normalized spacial score (nSPS) is 18.7. The van der Waals surface area contributed by atoms with Crippen LogP contribution in [0.4, 0.5) is 29.2 Å². The lowest BCUT2D eigenvalue weighted by atomic mass is 9.81. The highest BCUT2D eigenvalue weighted by Gasteiger charge is 2.39. The van der Waals surface area contributed by atoms with Crippen molar-refractivity contribution in [1.82, 2.24) is 14.8 Å². The van der Waals surface area contributed by atoms with Gasteiger partial charge in [-0.05, 0) is 50.0 Å². The predicted octanol–water partition coefficient (Wildman–Crippen LogP) is 4.89. The molecule has 0 atom stereocenters. The van der Waals surface area contributed by atoms with Gasteiger partial charge in [0.1, 0.15) is 11.6 Å². The number of fused-ring (bicyclic) bond motifs is 1. The van der Waals surface area contributed by atoms with Gasteiger partial charge in [0.2, 0.25) is 5.95 Å². The molecule has 2 aromatic rings. The summed E-state index contributed by atoms with van der Waals surface area (Å²) >= 11 is 0. The molecule has 0 spiro atoms. The number of hydrogen-bond donors (Lipinski definition) is 2. The van der Waals surface area contributed by atoms with Crippen molar-refractivity contribution in [1.29, 1.82) is 0 Å². The second-order valence-corrected chi connectivity index (χ2v) is 7.98. The number of alkyl halides is 3. The van der Waals surface area contributed by atoms with Gasteiger partial charge < -0.3 is 10.6 Å². The summed E-state index contributed by atoms with van der Waals surface area (Å²) < 4.78 is 54.5. The summed E-state index contributed by atoms with van der Waals surface area (Å²) in [6.45, 7) is 3.59. The maximum Gasteiger partial charge on any atom is 0.453 e. The lowest BCUT2D eigenvalue weighted by Crippen LogP contribution is -2.35. The number of hydrogen-bond acceptors (Lipinski definition) is 4. The Morgan fingerprint density at radius 1 is 1.29 bits per heavy atom. The number of benzene rings is 1. The fourth-order valence-electron chi connectivity index (χ4n) is 3.44. The van der Waals surface area contributed by atoms with E-state index in [1.807, 2.05) is 0 Å². The first kappa shape index (κ1) is 18.8. The van der Waals surface area contributed by atoms with Crippen molar-refractivity contribution < 1.29 is 17.6 Å². The lowest BCUT2D eigenvalue weighted by molar-refractivity contribution is -0.144. The number of anilines is 2. The van der Waals surface area contributed by atoms with E-state index in [0.29, 0.717) is 23.6 Å². The van der Waals surface area contributed by atoms with Crippen molar-refractivity contribution in [2.75, 3.05) is 10.6 Å². The standard InChI is InChI=1S/C19H21F4N5/c1-18(2)10-15(28-17(26-18)25-16(27-28)19(21,22)23)24-13-7-6-12(14(20)9-13)8-11-4-3-5-11/h6-7,9-11,24H,3-5,8H2,1-2H3,(H,25,26,27). The molecular weight excluding hydrogens is 374 g/mol. The summed E-state index contributed by atoms with van der Waals surface area (Å²) in [7, 11) is 0. The van der Waals surface area contributed by atoms with Crippen LogP contribution in [-0.2, 0) is 12.6 Å². The molecule has 1 aromatic carbocycles. The number of aromatic nitrogens is 3. The SMILES string of the molecule is CC1(C)C=C(Nc2ccc(CC3CCC3)c(F)c2)n2nc(C(F)(F)F)nc2N1. The first-order chi connectivity index (χ1) is 13.1. The van der Waals surface area contributed by atoms with Crippen molar-refractivity contribution in [3.63, 3.8) is 0 Å². The molecule has 150 valence electrons. The lowest BCUT2D eigenvalue weighted by Gasteiger charge is -2.30. The molecule has 1 aliphatic heterocycles. The zero-order chi connectivity index (χ0) is 20.1. The molecule has 2 aliphatic rings. The van der Waals surface area contributed by atoms with Gasteiger partial charge >= 0.3 is 6.18 Å². The van der Waals surface area contributed by atoms with E-state index in [4.69, 9.17) is 0 Å². The van der Waals surface area contributed by atoms with E-state index >= 15 is 0 Å². The van der Waals surface area contributed by atoms with Gasteiger partial charge in [-0.1, -0.05) is 25.3 Å². The van der Waals surface area contributed by atoms with Crippen LogP contribution in [0.25, 0.3) is 5.82 Å². The third-order valence-electron chi connectivity index (χ3n) is 5.08. The van der Waals surface area contributed by atoms with Gasteiger partial charge in [0.15, 0.2) is 0 Å². The molecule has 4 rings (SSSR count). The van der Waals surface area contributed by atoms with Crippen LogP contribution in [0.2, 0.25) is 0 Å². The van der Waals surface area contributed by atoms with Crippen molar-refractivity contribution >= 4 is 17.5 Å². The van der Waals surface area contributed by atoms with Crippen LogP contribution in [0.1, 0.15) is 44.5 Å². The summed E-state index contributed by atoms with van der Waals surface area (Å²) in [6.07, 6.45) is 1.21. The van der Waals surface area contributed by atoms with Gasteiger partial charge in [-0.15, -0.1) is 5.10 Å². The molecule has 1 fully saturated rings. The molecule has 0 amide bonds. The van der Waals surface area contributed by atoms with Crippen LogP contribution in [0, 0.1) is 11.7 Å². The number of halogens is 4. The average Bonchev–Trinajstić information content (AvgIpc) is 2.95. The molecule has 2 N–H and O–H groups in total. The molecule has 2 heterocycles. The largest absolute Gasteiger partial charge is 0.453 e. The average molecular weight is 395 g/mol. The molecule has 0 saturated heterocycles. The van der Waals surface area contributed by atoms with E-state index in [2.05, 4.69) is 20.7 Å². The van der Waals surface area contributed by atoms with E-state index in [0.717, 1.165) is 17.5 Å². The van der Waals surface area contributed by atoms with Gasteiger partial charge in [-0.25, -0.2) is 4.39 Å². The van der Waals surface area contributed by atoms with Gasteiger partial charge in [-0.2, -0.15) is 22.8 Å². The second-order valence-electron chi connectivity index (χ2n) is 7.98. The van der Waals surface area contributed by atoms with Crippen molar-refractivity contribution in [3.8, 4) is 0 Å². The molecular formula is C19H21F4N5. The molecule has 0 unspecified atom stereocenters. The number of nitrogens with zero attached hydrogens (tertiary/aromatic N) is 3. The van der Waals surface area contributed by atoms with E-state index in [1.54, 1.807) is 32.1 Å². The molecule has 0 bridgehead atoms. The predicted molar refractivity (Wildman–Crippen MR) is 98.1 cm³/mol. The van der Waals surface area contributed by atoms with Gasteiger partial charge in [0, 0.05) is 5.69 Å². The van der Waals surface area contributed by atoms with E-state index in [-0.39, 0.29) is 17.6 Å². The van der Waals surface area contributed by atoms with Crippen molar-refractivity contribution in [3.05, 3.63) is 41.5 Å². The summed E-state index contributed by atoms with van der Waals surface area (Å²) in [5.74, 6) is -0.750. The molecule has 1 aliphatic carbocycles. The molecule has 1 aromatic heterocycles. The third kappa shape index (κ3) is 3.70. The minimum absolute atomic E-state index is 0.0237. The summed E-state index contributed by atoms with van der Waals surface area (Å²) in [5, 5.41) is 9.44. The highest BCUT2D eigenvalue weighted by molar-refractivity contribution is 5.70. The summed E-state index contributed by atoms with van der Waals surface area (Å²) in [4.78, 5) is 3.55. The quantitative estimate of drug-likeness (QED) is 0.724. The first-order valence-electron chi connectivity index (χ1n) is 9.22. The van der Waals surface area contributed by atoms with E-state index < -0.39 is 17.5 Å². The van der Waals surface area contributed by atoms with Crippen molar-refractivity contribution in [2.24, 2.45) is 5.92 Å². The Hall–Kier alpha value is -2.58. The molecule has 5 nitrogen and oxygen atoms in total. The van der Waals surface area contributed by atoms with Crippen LogP contribution in [0.3, 0.4) is 0 Å². The number of nitrogens with one attached hydrogen (secondary N) is 2. The Bertz CT molecular complexity index is 925. The fourth-order valence-corrected chi connectivity index (χ4v) is 3.44. The summed E-state index contributed by atoms with van der Waals surface area (Å²) in [6, 6.07) is 4.82. The zero-order valence-corrected chi connectivity index (χ0v) is 15.6. The highest BCUT2D eigenvalue weighted by Crippen LogP contribution is 2.34. The Morgan fingerprint density at radius 3 is 2.64 bits per heavy atom. The minimum Gasteiger partial charge on any atom is -0.346 e. The zero-order valence-electron chi connectivity index (χ0n) is 15.6. The Labute approximate surface area is 159 Å². The molecule has 1 saturated carbocycles. The topological polar surface area (TPSA) is 54.8 Å². The van der Waals surface area contributed by atoms with Crippen LogP contribution in [0.15, 0.2) is 24.3 Å². The smallest absolute Gasteiger partial charge is 0.346 e. The second kappa shape index (κ2) is 6.49. The van der Waals surface area contributed by atoms with E-state index in [9.17, 15) is 17.6 Å². The van der Waals surface area contributed by atoms with E-state index in [1.165, 1.54) is 12.5 Å². The summed E-state index contributed by atoms with van der Waals surface area (Å²) in [5.41, 5.74) is 0.446. The minimum atomic E-state index is -4.66. The molecule has 9 heteroatoms. The number of rotatable bonds is 4. The van der Waals surface area contributed by atoms with Crippen LogP contribution >= 0.6 is 0 Å². The molecule has 28 heavy (non-hydrogen) atoms. The Balaban J connectivity index is 1.61. The van der Waals surface area contributed by atoms with Crippen LogP contribution in [0.5, 0.6) is 0 Å². The Morgan fingerprint density at radius 2 is 2.04 bits per heavy atom. The van der Waals surface area contributed by atoms with Crippen molar-refractivity contribution in [2.45, 2.75) is 51.2 Å². The maximum absolute atomic E-state index is 14.5. The molecule has 0 radical (unpaired) electrons. The third-order valence-corrected chi connectivity index (χ3v) is 5.08. The Kier molecular flexibility index (Phi) is 4.35. The maximum atomic E-state index is 14.5. The van der Waals surface area contributed by atoms with Gasteiger partial charge in [0.25, 0.3) is 5.82 Å². The first-order valence-corrected chi connectivity index (χ1v) is 9.22. The van der Waals surface area contributed by atoms with Crippen LogP contribution < -0.4 is 10.6 Å². The highest BCUT2D eigenvalue weighted by atomic mass is 19.4. The van der Waals surface area contributed by atoms with Gasteiger partial charge in [-0.3, -0.25) is 0 Å². The monoisotopic (exact) mass is 395 g/mol. The van der Waals surface area contributed by atoms with Crippen LogP contribution in [-0.4, -0.2) is 20.3 Å².